The minimum Gasteiger partial charge on any atom is -0.466 e. The Bertz CT molecular complexity index is 760. The number of aryl methyl sites for hydroxylation is 1. The third-order valence-electron chi connectivity index (χ3n) is 3.54. The first-order chi connectivity index (χ1) is 10.8. The summed E-state index contributed by atoms with van der Waals surface area (Å²) in [6, 6.07) is 3.00. The number of hydrogen-bond donors (Lipinski definition) is 1. The van der Waals surface area contributed by atoms with Crippen LogP contribution in [0.3, 0.4) is 0 Å². The van der Waals surface area contributed by atoms with Gasteiger partial charge in [-0.1, -0.05) is 0 Å². The summed E-state index contributed by atoms with van der Waals surface area (Å²) >= 11 is 1.89. The van der Waals surface area contributed by atoms with Gasteiger partial charge in [0.15, 0.2) is 0 Å². The number of hydrogen-bond acceptors (Lipinski definition) is 4. The molecule has 1 aromatic carbocycles. The number of carbonyl (C=O) groups excluding carboxylic acids is 2. The maximum absolute atomic E-state index is 13.9. The molecule has 2 aromatic rings. The smallest absolute Gasteiger partial charge is 0.305 e. The van der Waals surface area contributed by atoms with Crippen LogP contribution in [0.15, 0.2) is 12.1 Å². The number of nitrogens with two attached hydrogens (primary N) is 1. The molecule has 0 aliphatic carbocycles. The van der Waals surface area contributed by atoms with Gasteiger partial charge >= 0.3 is 5.97 Å². The molecule has 1 atom stereocenters. The Kier molecular flexibility index (Phi) is 5.55. The lowest BCUT2D eigenvalue weighted by atomic mass is 9.96. The lowest BCUT2D eigenvalue weighted by Gasteiger charge is -2.11. The maximum atomic E-state index is 13.9. The number of amides is 1. The van der Waals surface area contributed by atoms with E-state index in [-0.39, 0.29) is 25.3 Å². The molecule has 0 saturated carbocycles. The lowest BCUT2D eigenvalue weighted by Crippen LogP contribution is -2.23. The van der Waals surface area contributed by atoms with Crippen LogP contribution in [0.1, 0.15) is 31.4 Å². The van der Waals surface area contributed by atoms with E-state index >= 15 is 0 Å². The average molecular weight is 433 g/mol. The van der Waals surface area contributed by atoms with Crippen molar-refractivity contribution in [2.75, 3.05) is 6.61 Å². The predicted octanol–water partition coefficient (Wildman–Crippen LogP) is 2.23. The largest absolute Gasteiger partial charge is 0.466 e. The standard InChI is InChI=1S/C15H17FIN3O3/c1-3-23-13(21)5-4-8(15(18)22)14-9-6-10(16)11(17)7-12(9)20(2)19-14/h6-8H,3-5H2,1-2H3,(H2,18,22). The van der Waals surface area contributed by atoms with Crippen molar-refractivity contribution in [2.24, 2.45) is 12.8 Å². The molecule has 1 heterocycles. The lowest BCUT2D eigenvalue weighted by molar-refractivity contribution is -0.143. The molecule has 0 bridgehead atoms. The van der Waals surface area contributed by atoms with Crippen LogP contribution in [0.4, 0.5) is 4.39 Å². The second-order valence-corrected chi connectivity index (χ2v) is 6.25. The third-order valence-corrected chi connectivity index (χ3v) is 4.36. The molecule has 0 fully saturated rings. The molecule has 23 heavy (non-hydrogen) atoms. The van der Waals surface area contributed by atoms with Gasteiger partial charge in [-0.25, -0.2) is 4.39 Å². The summed E-state index contributed by atoms with van der Waals surface area (Å²) in [5.74, 6) is -2.17. The van der Waals surface area contributed by atoms with Crippen molar-refractivity contribution in [2.45, 2.75) is 25.7 Å². The molecule has 1 aromatic heterocycles. The Labute approximate surface area is 146 Å². The van der Waals surface area contributed by atoms with Crippen molar-refractivity contribution >= 4 is 45.4 Å². The van der Waals surface area contributed by atoms with E-state index in [1.54, 1.807) is 24.7 Å². The molecule has 0 aliphatic heterocycles. The van der Waals surface area contributed by atoms with E-state index in [2.05, 4.69) is 5.10 Å². The quantitative estimate of drug-likeness (QED) is 0.559. The first-order valence-corrected chi connectivity index (χ1v) is 8.19. The molecule has 6 nitrogen and oxygen atoms in total. The highest BCUT2D eigenvalue weighted by Gasteiger charge is 2.26. The van der Waals surface area contributed by atoms with E-state index in [0.29, 0.717) is 20.2 Å². The van der Waals surface area contributed by atoms with E-state index < -0.39 is 17.8 Å². The van der Waals surface area contributed by atoms with Crippen LogP contribution >= 0.6 is 22.6 Å². The van der Waals surface area contributed by atoms with Crippen LogP contribution in [-0.4, -0.2) is 28.3 Å². The van der Waals surface area contributed by atoms with E-state index in [1.807, 2.05) is 22.6 Å². The minimum atomic E-state index is -0.775. The molecule has 0 saturated heterocycles. The Hall–Kier alpha value is -1.71. The number of benzene rings is 1. The second kappa shape index (κ2) is 7.24. The molecule has 8 heteroatoms. The summed E-state index contributed by atoms with van der Waals surface area (Å²) in [5, 5.41) is 4.84. The van der Waals surface area contributed by atoms with Crippen molar-refractivity contribution < 1.29 is 18.7 Å². The number of carbonyl (C=O) groups is 2. The van der Waals surface area contributed by atoms with Gasteiger partial charge in [0.2, 0.25) is 5.91 Å². The van der Waals surface area contributed by atoms with Gasteiger partial charge in [-0.2, -0.15) is 5.10 Å². The normalized spacial score (nSPS) is 12.3. The molecule has 0 radical (unpaired) electrons. The Morgan fingerprint density at radius 2 is 2.17 bits per heavy atom. The summed E-state index contributed by atoms with van der Waals surface area (Å²) in [4.78, 5) is 23.3. The molecule has 1 unspecified atom stereocenters. The fraction of sp³-hybridized carbons (Fsp3) is 0.400. The molecule has 124 valence electrons. The number of halogens is 2. The average Bonchev–Trinajstić information content (AvgIpc) is 2.77. The van der Waals surface area contributed by atoms with Crippen molar-refractivity contribution in [3.05, 3.63) is 27.2 Å². The SMILES string of the molecule is CCOC(=O)CCC(C(N)=O)c1nn(C)c2cc(I)c(F)cc12. The number of esters is 1. The highest BCUT2D eigenvalue weighted by molar-refractivity contribution is 14.1. The monoisotopic (exact) mass is 433 g/mol. The first kappa shape index (κ1) is 17.6. The predicted molar refractivity (Wildman–Crippen MR) is 91.2 cm³/mol. The van der Waals surface area contributed by atoms with Gasteiger partial charge < -0.3 is 10.5 Å². The first-order valence-electron chi connectivity index (χ1n) is 7.11. The molecule has 0 spiro atoms. The van der Waals surface area contributed by atoms with Crippen molar-refractivity contribution in [1.29, 1.82) is 0 Å². The minimum absolute atomic E-state index is 0.0480. The third kappa shape index (κ3) is 3.80. The van der Waals surface area contributed by atoms with Crippen molar-refractivity contribution in [3.8, 4) is 0 Å². The topological polar surface area (TPSA) is 87.2 Å². The molecular formula is C15H17FIN3O3. The van der Waals surface area contributed by atoms with Gasteiger partial charge in [0.05, 0.1) is 27.3 Å². The zero-order valence-electron chi connectivity index (χ0n) is 12.8. The van der Waals surface area contributed by atoms with Gasteiger partial charge in [-0.15, -0.1) is 0 Å². The summed E-state index contributed by atoms with van der Waals surface area (Å²) in [7, 11) is 1.71. The zero-order chi connectivity index (χ0) is 17.1. The zero-order valence-corrected chi connectivity index (χ0v) is 15.0. The molecule has 2 N–H and O–H groups in total. The second-order valence-electron chi connectivity index (χ2n) is 5.09. The number of nitrogens with zero attached hydrogens (tertiary/aromatic N) is 2. The van der Waals surface area contributed by atoms with Crippen LogP contribution in [0, 0.1) is 9.39 Å². The van der Waals surface area contributed by atoms with Gasteiger partial charge in [-0.05, 0) is 48.1 Å². The van der Waals surface area contributed by atoms with Gasteiger partial charge in [0.25, 0.3) is 0 Å². The number of primary amides is 1. The number of aromatic nitrogens is 2. The van der Waals surface area contributed by atoms with Crippen LogP contribution in [0.5, 0.6) is 0 Å². The number of rotatable bonds is 6. The Morgan fingerprint density at radius 3 is 2.78 bits per heavy atom. The fourth-order valence-corrected chi connectivity index (χ4v) is 2.90. The number of ether oxygens (including phenoxy) is 1. The fourth-order valence-electron chi connectivity index (χ4n) is 2.45. The van der Waals surface area contributed by atoms with Crippen LogP contribution < -0.4 is 5.73 Å². The van der Waals surface area contributed by atoms with E-state index in [9.17, 15) is 14.0 Å². The summed E-state index contributed by atoms with van der Waals surface area (Å²) < 4.78 is 20.8. The molecule has 1 amide bonds. The van der Waals surface area contributed by atoms with Crippen molar-refractivity contribution in [1.82, 2.24) is 9.78 Å². The van der Waals surface area contributed by atoms with Crippen LogP contribution in [0.25, 0.3) is 10.9 Å². The van der Waals surface area contributed by atoms with Crippen LogP contribution in [0.2, 0.25) is 0 Å². The summed E-state index contributed by atoms with van der Waals surface area (Å²) in [6.07, 6.45) is 0.222. The summed E-state index contributed by atoms with van der Waals surface area (Å²) in [6.45, 7) is 1.98. The Balaban J connectivity index is 2.40. The summed E-state index contributed by atoms with van der Waals surface area (Å²) in [5.41, 5.74) is 6.55. The molecule has 0 aliphatic rings. The van der Waals surface area contributed by atoms with Gasteiger partial charge in [0, 0.05) is 18.9 Å². The maximum Gasteiger partial charge on any atom is 0.305 e. The number of fused-ring (bicyclic) bond motifs is 1. The molecular weight excluding hydrogens is 416 g/mol. The Morgan fingerprint density at radius 1 is 1.48 bits per heavy atom. The van der Waals surface area contributed by atoms with Crippen molar-refractivity contribution in [3.63, 3.8) is 0 Å². The van der Waals surface area contributed by atoms with E-state index in [0.717, 1.165) is 0 Å². The highest BCUT2D eigenvalue weighted by atomic mass is 127. The van der Waals surface area contributed by atoms with E-state index in [4.69, 9.17) is 10.5 Å². The van der Waals surface area contributed by atoms with Crippen LogP contribution in [-0.2, 0) is 21.4 Å². The van der Waals surface area contributed by atoms with E-state index in [1.165, 1.54) is 6.07 Å². The van der Waals surface area contributed by atoms with Gasteiger partial charge in [-0.3, -0.25) is 14.3 Å². The van der Waals surface area contributed by atoms with Gasteiger partial charge in [0.1, 0.15) is 5.82 Å². The highest BCUT2D eigenvalue weighted by Crippen LogP contribution is 2.30. The molecule has 2 rings (SSSR count).